The molecule has 1 heterocycles. The van der Waals surface area contributed by atoms with Crippen LogP contribution in [0.15, 0.2) is 59.6 Å². The summed E-state index contributed by atoms with van der Waals surface area (Å²) in [5.41, 5.74) is 2.08. The van der Waals surface area contributed by atoms with E-state index in [2.05, 4.69) is 15.0 Å². The molecule has 0 atom stereocenters. The fraction of sp³-hybridized carbons (Fsp3) is 0.105. The van der Waals surface area contributed by atoms with Gasteiger partial charge in [-0.3, -0.25) is 4.72 Å². The van der Waals surface area contributed by atoms with Crippen molar-refractivity contribution >= 4 is 27.2 Å². The van der Waals surface area contributed by atoms with Gasteiger partial charge >= 0.3 is 0 Å². The van der Waals surface area contributed by atoms with Crippen molar-refractivity contribution in [3.63, 3.8) is 0 Å². The molecule has 27 heavy (non-hydrogen) atoms. The van der Waals surface area contributed by atoms with Gasteiger partial charge in [0.15, 0.2) is 11.6 Å². The van der Waals surface area contributed by atoms with Crippen LogP contribution < -0.4 is 10.0 Å². The molecule has 3 aromatic rings. The van der Waals surface area contributed by atoms with Crippen molar-refractivity contribution in [3.8, 4) is 0 Å². The second kappa shape index (κ2) is 7.32. The first kappa shape index (κ1) is 18.8. The first-order chi connectivity index (χ1) is 12.7. The maximum absolute atomic E-state index is 13.2. The Morgan fingerprint density at radius 2 is 1.63 bits per heavy atom. The maximum atomic E-state index is 13.2. The van der Waals surface area contributed by atoms with Crippen LogP contribution in [0.3, 0.4) is 0 Å². The van der Waals surface area contributed by atoms with Gasteiger partial charge in [0.05, 0.1) is 16.8 Å². The molecular weight excluding hydrogens is 372 g/mol. The molecule has 0 aliphatic heterocycles. The molecule has 0 saturated heterocycles. The van der Waals surface area contributed by atoms with Crippen molar-refractivity contribution < 1.29 is 17.2 Å². The van der Waals surface area contributed by atoms with Gasteiger partial charge in [0.1, 0.15) is 5.82 Å². The molecule has 5 nitrogen and oxygen atoms in total. The summed E-state index contributed by atoms with van der Waals surface area (Å²) >= 11 is 0. The standard InChI is InChI=1S/C19H17F2N3O2S/c1-12-3-4-13(2)18(9-12)27(25,26)24-15-6-8-19(22-11-15)23-14-5-7-16(20)17(21)10-14/h3-11,24H,1-2H3,(H,22,23). The van der Waals surface area contributed by atoms with Gasteiger partial charge in [-0.1, -0.05) is 12.1 Å². The number of pyridine rings is 1. The maximum Gasteiger partial charge on any atom is 0.262 e. The normalized spacial score (nSPS) is 11.3. The Morgan fingerprint density at radius 1 is 0.889 bits per heavy atom. The first-order valence-corrected chi connectivity index (χ1v) is 9.51. The molecule has 0 spiro atoms. The molecule has 140 valence electrons. The third kappa shape index (κ3) is 4.40. The van der Waals surface area contributed by atoms with E-state index >= 15 is 0 Å². The zero-order chi connectivity index (χ0) is 19.6. The molecule has 0 radical (unpaired) electrons. The summed E-state index contributed by atoms with van der Waals surface area (Å²) in [6.07, 6.45) is 1.34. The van der Waals surface area contributed by atoms with Gasteiger partial charge in [-0.25, -0.2) is 22.2 Å². The predicted molar refractivity (Wildman–Crippen MR) is 101 cm³/mol. The SMILES string of the molecule is Cc1ccc(C)c(S(=O)(=O)Nc2ccc(Nc3ccc(F)c(F)c3)nc2)c1. The Balaban J connectivity index is 1.77. The first-order valence-electron chi connectivity index (χ1n) is 8.03. The number of hydrogen-bond donors (Lipinski definition) is 2. The Morgan fingerprint density at radius 3 is 2.30 bits per heavy atom. The highest BCUT2D eigenvalue weighted by Crippen LogP contribution is 2.22. The minimum atomic E-state index is -3.75. The molecule has 2 N–H and O–H groups in total. The van der Waals surface area contributed by atoms with Crippen LogP contribution in [0.5, 0.6) is 0 Å². The number of aryl methyl sites for hydroxylation is 2. The van der Waals surface area contributed by atoms with Crippen LogP contribution in [0.25, 0.3) is 0 Å². The van der Waals surface area contributed by atoms with Gasteiger partial charge in [-0.2, -0.15) is 0 Å². The number of nitrogens with one attached hydrogen (secondary N) is 2. The van der Waals surface area contributed by atoms with E-state index in [0.29, 0.717) is 17.1 Å². The van der Waals surface area contributed by atoms with E-state index < -0.39 is 21.7 Å². The number of anilines is 3. The molecule has 3 rings (SSSR count). The summed E-state index contributed by atoms with van der Waals surface area (Å²) in [6, 6.07) is 11.6. The molecule has 0 aliphatic rings. The molecule has 0 unspecified atom stereocenters. The zero-order valence-corrected chi connectivity index (χ0v) is 15.4. The van der Waals surface area contributed by atoms with Crippen molar-refractivity contribution in [1.29, 1.82) is 0 Å². The molecule has 0 saturated carbocycles. The summed E-state index contributed by atoms with van der Waals surface area (Å²) < 4.78 is 53.9. The molecule has 0 bridgehead atoms. The van der Waals surface area contributed by atoms with Crippen molar-refractivity contribution in [2.24, 2.45) is 0 Å². The lowest BCUT2D eigenvalue weighted by molar-refractivity contribution is 0.509. The monoisotopic (exact) mass is 389 g/mol. The van der Waals surface area contributed by atoms with E-state index in [-0.39, 0.29) is 10.6 Å². The number of rotatable bonds is 5. The summed E-state index contributed by atoms with van der Waals surface area (Å²) in [6.45, 7) is 3.54. The molecule has 2 aromatic carbocycles. The van der Waals surface area contributed by atoms with Crippen LogP contribution in [-0.2, 0) is 10.0 Å². The molecular formula is C19H17F2N3O2S. The second-order valence-corrected chi connectivity index (χ2v) is 7.71. The third-order valence-electron chi connectivity index (χ3n) is 3.84. The number of hydrogen-bond acceptors (Lipinski definition) is 4. The van der Waals surface area contributed by atoms with Gasteiger partial charge in [0.25, 0.3) is 10.0 Å². The molecule has 0 aliphatic carbocycles. The number of nitrogens with zero attached hydrogens (tertiary/aromatic N) is 1. The smallest absolute Gasteiger partial charge is 0.262 e. The van der Waals surface area contributed by atoms with E-state index in [1.54, 1.807) is 19.1 Å². The molecule has 1 aromatic heterocycles. The van der Waals surface area contributed by atoms with Crippen LogP contribution in [0.1, 0.15) is 11.1 Å². The fourth-order valence-electron chi connectivity index (χ4n) is 2.46. The van der Waals surface area contributed by atoms with E-state index in [1.165, 1.54) is 24.4 Å². The van der Waals surface area contributed by atoms with Crippen molar-refractivity contribution in [2.45, 2.75) is 18.7 Å². The topological polar surface area (TPSA) is 71.1 Å². The highest BCUT2D eigenvalue weighted by atomic mass is 32.2. The summed E-state index contributed by atoms with van der Waals surface area (Å²) in [5, 5.41) is 2.82. The number of aromatic nitrogens is 1. The fourth-order valence-corrected chi connectivity index (χ4v) is 3.83. The highest BCUT2D eigenvalue weighted by molar-refractivity contribution is 7.92. The Hall–Kier alpha value is -3.00. The van der Waals surface area contributed by atoms with Crippen molar-refractivity contribution in [3.05, 3.63) is 77.5 Å². The highest BCUT2D eigenvalue weighted by Gasteiger charge is 2.17. The summed E-state index contributed by atoms with van der Waals surface area (Å²) in [4.78, 5) is 4.29. The van der Waals surface area contributed by atoms with Gasteiger partial charge in [-0.15, -0.1) is 0 Å². The minimum absolute atomic E-state index is 0.200. The van der Waals surface area contributed by atoms with E-state index in [4.69, 9.17) is 0 Å². The van der Waals surface area contributed by atoms with E-state index in [0.717, 1.165) is 17.7 Å². The van der Waals surface area contributed by atoms with Crippen LogP contribution in [0.4, 0.5) is 26.0 Å². The van der Waals surface area contributed by atoms with E-state index in [9.17, 15) is 17.2 Å². The number of halogens is 2. The summed E-state index contributed by atoms with van der Waals surface area (Å²) in [5.74, 6) is -1.56. The van der Waals surface area contributed by atoms with Crippen LogP contribution in [0.2, 0.25) is 0 Å². The number of sulfonamides is 1. The lowest BCUT2D eigenvalue weighted by Crippen LogP contribution is -2.14. The van der Waals surface area contributed by atoms with Crippen LogP contribution in [0, 0.1) is 25.5 Å². The van der Waals surface area contributed by atoms with E-state index in [1.807, 2.05) is 13.0 Å². The average Bonchev–Trinajstić information content (AvgIpc) is 2.61. The van der Waals surface area contributed by atoms with Gasteiger partial charge < -0.3 is 5.32 Å². The zero-order valence-electron chi connectivity index (χ0n) is 14.6. The minimum Gasteiger partial charge on any atom is -0.340 e. The Bertz CT molecular complexity index is 1080. The molecule has 0 amide bonds. The molecule has 8 heteroatoms. The van der Waals surface area contributed by atoms with Gasteiger partial charge in [0.2, 0.25) is 0 Å². The Kier molecular flexibility index (Phi) is 5.09. The Labute approximate surface area is 156 Å². The third-order valence-corrected chi connectivity index (χ3v) is 5.36. The van der Waals surface area contributed by atoms with Crippen LogP contribution in [-0.4, -0.2) is 13.4 Å². The van der Waals surface area contributed by atoms with Crippen molar-refractivity contribution in [1.82, 2.24) is 4.98 Å². The largest absolute Gasteiger partial charge is 0.340 e. The lowest BCUT2D eigenvalue weighted by Gasteiger charge is -2.12. The second-order valence-electron chi connectivity index (χ2n) is 6.06. The summed E-state index contributed by atoms with van der Waals surface area (Å²) in [7, 11) is -3.75. The van der Waals surface area contributed by atoms with Crippen molar-refractivity contribution in [2.75, 3.05) is 10.0 Å². The van der Waals surface area contributed by atoms with Crippen LogP contribution >= 0.6 is 0 Å². The van der Waals surface area contributed by atoms with Gasteiger partial charge in [0, 0.05) is 11.8 Å². The van der Waals surface area contributed by atoms with Gasteiger partial charge in [-0.05, 0) is 55.3 Å². The average molecular weight is 389 g/mol. The predicted octanol–water partition coefficient (Wildman–Crippen LogP) is 4.52. The number of benzene rings is 2. The quantitative estimate of drug-likeness (QED) is 0.673. The molecule has 0 fully saturated rings. The lowest BCUT2D eigenvalue weighted by atomic mass is 10.2.